The van der Waals surface area contributed by atoms with Crippen LogP contribution in [0.2, 0.25) is 10.0 Å². The van der Waals surface area contributed by atoms with E-state index in [2.05, 4.69) is 10.0 Å². The Labute approximate surface area is 202 Å². The predicted octanol–water partition coefficient (Wildman–Crippen LogP) is 5.38. The molecule has 0 atom stereocenters. The maximum absolute atomic E-state index is 12.6. The highest BCUT2D eigenvalue weighted by atomic mass is 35.5. The fourth-order valence-corrected chi connectivity index (χ4v) is 4.63. The van der Waals surface area contributed by atoms with E-state index in [4.69, 9.17) is 32.7 Å². The van der Waals surface area contributed by atoms with Gasteiger partial charge in [-0.3, -0.25) is 9.52 Å². The number of halogens is 2. The Hall–Kier alpha value is -2.94. The maximum atomic E-state index is 12.6. The van der Waals surface area contributed by atoms with Crippen molar-refractivity contribution in [3.63, 3.8) is 0 Å². The quantitative estimate of drug-likeness (QED) is 0.404. The minimum Gasteiger partial charge on any atom is -0.493 e. The summed E-state index contributed by atoms with van der Waals surface area (Å²) in [5.41, 5.74) is 1.66. The Morgan fingerprint density at radius 1 is 0.848 bits per heavy atom. The van der Waals surface area contributed by atoms with E-state index < -0.39 is 10.0 Å². The summed E-state index contributed by atoms with van der Waals surface area (Å²) in [6.45, 7) is 0. The third-order valence-electron chi connectivity index (χ3n) is 4.65. The Balaban J connectivity index is 1.60. The molecule has 0 aromatic heterocycles. The summed E-state index contributed by atoms with van der Waals surface area (Å²) >= 11 is 11.8. The van der Waals surface area contributed by atoms with Crippen LogP contribution in [0.1, 0.15) is 12.0 Å². The van der Waals surface area contributed by atoms with Gasteiger partial charge in [0.25, 0.3) is 10.0 Å². The van der Waals surface area contributed by atoms with E-state index in [-0.39, 0.29) is 22.9 Å². The van der Waals surface area contributed by atoms with E-state index in [1.807, 2.05) is 12.1 Å². The Morgan fingerprint density at radius 2 is 1.48 bits per heavy atom. The molecule has 3 aromatic rings. The fourth-order valence-electron chi connectivity index (χ4n) is 3.06. The van der Waals surface area contributed by atoms with Crippen molar-refractivity contribution in [3.05, 3.63) is 76.3 Å². The first-order chi connectivity index (χ1) is 15.7. The van der Waals surface area contributed by atoms with Crippen molar-refractivity contribution in [2.75, 3.05) is 24.3 Å². The molecule has 33 heavy (non-hydrogen) atoms. The van der Waals surface area contributed by atoms with Crippen molar-refractivity contribution in [3.8, 4) is 11.5 Å². The van der Waals surface area contributed by atoms with Gasteiger partial charge >= 0.3 is 0 Å². The lowest BCUT2D eigenvalue weighted by molar-refractivity contribution is -0.116. The number of rotatable bonds is 9. The van der Waals surface area contributed by atoms with Crippen molar-refractivity contribution < 1.29 is 22.7 Å². The maximum Gasteiger partial charge on any atom is 0.261 e. The number of aryl methyl sites for hydroxylation is 1. The van der Waals surface area contributed by atoms with Crippen LogP contribution in [0.3, 0.4) is 0 Å². The highest BCUT2D eigenvalue weighted by Crippen LogP contribution is 2.28. The summed E-state index contributed by atoms with van der Waals surface area (Å²) in [5.74, 6) is 1.02. The summed E-state index contributed by atoms with van der Waals surface area (Å²) in [6.07, 6.45) is 0.747. The topological polar surface area (TPSA) is 93.7 Å². The molecule has 0 fully saturated rings. The van der Waals surface area contributed by atoms with Crippen LogP contribution >= 0.6 is 23.2 Å². The molecule has 0 saturated carbocycles. The van der Waals surface area contributed by atoms with Crippen molar-refractivity contribution in [1.82, 2.24) is 0 Å². The zero-order chi connectivity index (χ0) is 24.0. The first-order valence-electron chi connectivity index (χ1n) is 9.80. The summed E-state index contributed by atoms with van der Waals surface area (Å²) in [5, 5.41) is 3.38. The molecular formula is C23H22Cl2N2O5S. The van der Waals surface area contributed by atoms with Gasteiger partial charge in [0.2, 0.25) is 5.91 Å². The van der Waals surface area contributed by atoms with Gasteiger partial charge in [0.15, 0.2) is 11.5 Å². The van der Waals surface area contributed by atoms with Gasteiger partial charge in [0.1, 0.15) is 0 Å². The van der Waals surface area contributed by atoms with Gasteiger partial charge in [0.05, 0.1) is 24.8 Å². The molecule has 0 spiro atoms. The van der Waals surface area contributed by atoms with E-state index >= 15 is 0 Å². The van der Waals surface area contributed by atoms with E-state index in [1.54, 1.807) is 20.3 Å². The Bertz CT molecular complexity index is 1230. The Kier molecular flexibility index (Phi) is 8.07. The van der Waals surface area contributed by atoms with Crippen LogP contribution in [0.4, 0.5) is 11.4 Å². The van der Waals surface area contributed by atoms with Crippen LogP contribution < -0.4 is 19.5 Å². The van der Waals surface area contributed by atoms with E-state index in [0.29, 0.717) is 33.7 Å². The molecule has 1 amide bonds. The second-order valence-electron chi connectivity index (χ2n) is 7.03. The van der Waals surface area contributed by atoms with Gasteiger partial charge in [-0.25, -0.2) is 8.42 Å². The largest absolute Gasteiger partial charge is 0.493 e. The lowest BCUT2D eigenvalue weighted by Crippen LogP contribution is -2.14. The van der Waals surface area contributed by atoms with Gasteiger partial charge in [-0.15, -0.1) is 0 Å². The molecule has 2 N–H and O–H groups in total. The molecule has 7 nitrogen and oxygen atoms in total. The van der Waals surface area contributed by atoms with Gasteiger partial charge in [0, 0.05) is 22.2 Å². The number of amides is 1. The van der Waals surface area contributed by atoms with Crippen LogP contribution in [0, 0.1) is 0 Å². The summed E-state index contributed by atoms with van der Waals surface area (Å²) in [7, 11) is -0.739. The van der Waals surface area contributed by atoms with Crippen LogP contribution in [0.15, 0.2) is 65.6 Å². The lowest BCUT2D eigenvalue weighted by atomic mass is 10.1. The van der Waals surface area contributed by atoms with Gasteiger partial charge in [-0.1, -0.05) is 29.3 Å². The molecule has 0 aliphatic heterocycles. The molecule has 3 rings (SSSR count). The molecular weight excluding hydrogens is 487 g/mol. The number of carbonyl (C=O) groups is 1. The number of sulfonamides is 1. The van der Waals surface area contributed by atoms with Crippen LogP contribution in [-0.4, -0.2) is 28.5 Å². The standard InChI is InChI=1S/C23H22Cl2N2O5S/c1-31-21-9-3-15(11-22(21)32-2)4-10-23(28)26-18-5-7-20(8-6-18)33(29,30)27-19-13-16(24)12-17(25)14-19/h3,5-9,11-14,27H,4,10H2,1-2H3,(H,26,28). The molecule has 0 saturated heterocycles. The van der Waals surface area contributed by atoms with Gasteiger partial charge in [-0.05, 0) is 66.6 Å². The van der Waals surface area contributed by atoms with E-state index in [0.717, 1.165) is 5.56 Å². The van der Waals surface area contributed by atoms with Crippen LogP contribution in [0.25, 0.3) is 0 Å². The van der Waals surface area contributed by atoms with E-state index in [9.17, 15) is 13.2 Å². The number of carbonyl (C=O) groups excluding carboxylic acids is 1. The molecule has 0 aliphatic rings. The number of hydrogen-bond acceptors (Lipinski definition) is 5. The van der Waals surface area contributed by atoms with Gasteiger partial charge < -0.3 is 14.8 Å². The average Bonchev–Trinajstić information content (AvgIpc) is 2.76. The number of anilines is 2. The predicted molar refractivity (Wildman–Crippen MR) is 130 cm³/mol. The number of hydrogen-bond donors (Lipinski definition) is 2. The number of nitrogens with one attached hydrogen (secondary N) is 2. The third-order valence-corrected chi connectivity index (χ3v) is 6.49. The summed E-state index contributed by atoms with van der Waals surface area (Å²) in [6, 6.07) is 15.7. The SMILES string of the molecule is COc1ccc(CCC(=O)Nc2ccc(S(=O)(=O)Nc3cc(Cl)cc(Cl)c3)cc2)cc1OC. The number of methoxy groups -OCH3 is 2. The minimum atomic E-state index is -3.85. The van der Waals surface area contributed by atoms with Crippen LogP contribution in [-0.2, 0) is 21.2 Å². The molecule has 0 aliphatic carbocycles. The number of benzene rings is 3. The molecule has 3 aromatic carbocycles. The van der Waals surface area contributed by atoms with Crippen molar-refractivity contribution in [2.24, 2.45) is 0 Å². The van der Waals surface area contributed by atoms with Crippen molar-refractivity contribution in [2.45, 2.75) is 17.7 Å². The van der Waals surface area contributed by atoms with E-state index in [1.165, 1.54) is 42.5 Å². The molecule has 10 heteroatoms. The van der Waals surface area contributed by atoms with Crippen molar-refractivity contribution in [1.29, 1.82) is 0 Å². The second kappa shape index (κ2) is 10.8. The van der Waals surface area contributed by atoms with Crippen molar-refractivity contribution >= 4 is 50.5 Å². The van der Waals surface area contributed by atoms with Gasteiger partial charge in [-0.2, -0.15) is 0 Å². The Morgan fingerprint density at radius 3 is 2.09 bits per heavy atom. The first-order valence-corrected chi connectivity index (χ1v) is 12.0. The molecule has 0 bridgehead atoms. The smallest absolute Gasteiger partial charge is 0.261 e. The normalized spacial score (nSPS) is 11.0. The van der Waals surface area contributed by atoms with Crippen LogP contribution in [0.5, 0.6) is 11.5 Å². The second-order valence-corrected chi connectivity index (χ2v) is 9.58. The minimum absolute atomic E-state index is 0.0296. The zero-order valence-corrected chi connectivity index (χ0v) is 20.2. The first kappa shape index (κ1) is 24.7. The summed E-state index contributed by atoms with van der Waals surface area (Å²) in [4.78, 5) is 12.4. The molecule has 0 unspecified atom stereocenters. The fraction of sp³-hybridized carbons (Fsp3) is 0.174. The zero-order valence-electron chi connectivity index (χ0n) is 17.9. The third kappa shape index (κ3) is 6.77. The molecule has 0 radical (unpaired) electrons. The lowest BCUT2D eigenvalue weighted by Gasteiger charge is -2.11. The summed E-state index contributed by atoms with van der Waals surface area (Å²) < 4.78 is 38.1. The number of ether oxygens (including phenoxy) is 2. The molecule has 174 valence electrons. The highest BCUT2D eigenvalue weighted by molar-refractivity contribution is 7.92. The highest BCUT2D eigenvalue weighted by Gasteiger charge is 2.15. The monoisotopic (exact) mass is 508 g/mol. The average molecular weight is 509 g/mol. The molecule has 0 heterocycles.